The van der Waals surface area contributed by atoms with Gasteiger partial charge in [-0.05, 0) is 18.4 Å². The van der Waals surface area contributed by atoms with Crippen molar-refractivity contribution >= 4 is 17.4 Å². The molecule has 1 aromatic heterocycles. The summed E-state index contributed by atoms with van der Waals surface area (Å²) in [7, 11) is 0. The number of rotatable bonds is 4. The second kappa shape index (κ2) is 4.59. The summed E-state index contributed by atoms with van der Waals surface area (Å²) < 4.78 is 0. The molecular formula is C11H14N4O3. The molecule has 18 heavy (non-hydrogen) atoms. The summed E-state index contributed by atoms with van der Waals surface area (Å²) in [5.41, 5.74) is 5.09. The number of amides is 1. The first kappa shape index (κ1) is 12.3. The Hall–Kier alpha value is -2.18. The van der Waals surface area contributed by atoms with Gasteiger partial charge in [-0.2, -0.15) is 0 Å². The Morgan fingerprint density at radius 3 is 3.00 bits per heavy atom. The van der Waals surface area contributed by atoms with Gasteiger partial charge in [0.1, 0.15) is 17.6 Å². The zero-order chi connectivity index (χ0) is 13.3. The average molecular weight is 250 g/mol. The van der Waals surface area contributed by atoms with Crippen molar-refractivity contribution in [2.45, 2.75) is 25.8 Å². The molecule has 2 atom stereocenters. The smallest absolute Gasteiger partial charge is 0.300 e. The predicted molar refractivity (Wildman–Crippen MR) is 65.0 cm³/mol. The number of aromatic nitrogens is 1. The van der Waals surface area contributed by atoms with Crippen LogP contribution in [0.4, 0.5) is 11.5 Å². The van der Waals surface area contributed by atoms with Crippen molar-refractivity contribution in [1.29, 1.82) is 0 Å². The van der Waals surface area contributed by atoms with Crippen molar-refractivity contribution in [2.24, 2.45) is 5.92 Å². The number of pyridine rings is 1. The standard InChI is InChI=1S/C11H14N4O3/c1-2-6-3-8(6)14-11(16)7-4-10(12)13-5-9(7)15(17)18/h4-6,8H,2-3H2,1H3,(H2,12,13)(H,14,16). The molecule has 0 spiro atoms. The van der Waals surface area contributed by atoms with Crippen LogP contribution in [0.25, 0.3) is 0 Å². The van der Waals surface area contributed by atoms with Crippen LogP contribution in [0.2, 0.25) is 0 Å². The molecule has 0 saturated heterocycles. The molecule has 7 heteroatoms. The van der Waals surface area contributed by atoms with Gasteiger partial charge in [-0.1, -0.05) is 13.3 Å². The first-order valence-corrected chi connectivity index (χ1v) is 5.73. The fraction of sp³-hybridized carbons (Fsp3) is 0.455. The lowest BCUT2D eigenvalue weighted by molar-refractivity contribution is -0.385. The maximum atomic E-state index is 11.9. The first-order valence-electron chi connectivity index (χ1n) is 5.73. The van der Waals surface area contributed by atoms with Gasteiger partial charge >= 0.3 is 0 Å². The number of hydrogen-bond donors (Lipinski definition) is 2. The molecule has 1 aliphatic rings. The second-order valence-corrected chi connectivity index (χ2v) is 4.37. The third-order valence-corrected chi connectivity index (χ3v) is 3.11. The number of carbonyl (C=O) groups is 1. The van der Waals surface area contributed by atoms with Gasteiger partial charge in [-0.3, -0.25) is 14.9 Å². The number of nitrogens with zero attached hydrogens (tertiary/aromatic N) is 2. The summed E-state index contributed by atoms with van der Waals surface area (Å²) in [5, 5.41) is 13.6. The number of carbonyl (C=O) groups excluding carboxylic acids is 1. The minimum atomic E-state index is -0.633. The van der Waals surface area contributed by atoms with E-state index in [1.807, 2.05) is 6.92 Å². The normalized spacial score (nSPS) is 21.4. The summed E-state index contributed by atoms with van der Waals surface area (Å²) in [6, 6.07) is 1.35. The molecule has 0 aliphatic heterocycles. The van der Waals surface area contributed by atoms with E-state index in [4.69, 9.17) is 5.73 Å². The van der Waals surface area contributed by atoms with E-state index >= 15 is 0 Å². The van der Waals surface area contributed by atoms with Crippen molar-refractivity contribution in [1.82, 2.24) is 10.3 Å². The largest absolute Gasteiger partial charge is 0.384 e. The zero-order valence-corrected chi connectivity index (χ0v) is 9.92. The van der Waals surface area contributed by atoms with Gasteiger partial charge < -0.3 is 11.1 Å². The Morgan fingerprint density at radius 1 is 1.72 bits per heavy atom. The van der Waals surface area contributed by atoms with E-state index < -0.39 is 10.8 Å². The quantitative estimate of drug-likeness (QED) is 0.614. The maximum Gasteiger partial charge on any atom is 0.300 e. The molecule has 2 rings (SSSR count). The Labute approximate surface area is 104 Å². The number of nitrogens with one attached hydrogen (secondary N) is 1. The Kier molecular flexibility index (Phi) is 3.14. The maximum absolute atomic E-state index is 11.9. The highest BCUT2D eigenvalue weighted by Crippen LogP contribution is 2.33. The van der Waals surface area contributed by atoms with E-state index in [0.717, 1.165) is 19.0 Å². The van der Waals surface area contributed by atoms with E-state index in [1.54, 1.807) is 0 Å². The molecule has 0 aromatic carbocycles. The van der Waals surface area contributed by atoms with Crippen LogP contribution in [0, 0.1) is 16.0 Å². The van der Waals surface area contributed by atoms with Crippen LogP contribution in [0.5, 0.6) is 0 Å². The molecular weight excluding hydrogens is 236 g/mol. The number of anilines is 1. The number of nitro groups is 1. The van der Waals surface area contributed by atoms with Crippen molar-refractivity contribution in [3.8, 4) is 0 Å². The molecule has 0 bridgehead atoms. The van der Waals surface area contributed by atoms with Gasteiger partial charge in [0.15, 0.2) is 0 Å². The molecule has 96 valence electrons. The molecule has 0 radical (unpaired) electrons. The predicted octanol–water partition coefficient (Wildman–Crippen LogP) is 1.10. The molecule has 2 unspecified atom stereocenters. The van der Waals surface area contributed by atoms with Crippen molar-refractivity contribution in [3.63, 3.8) is 0 Å². The zero-order valence-electron chi connectivity index (χ0n) is 9.92. The third kappa shape index (κ3) is 2.39. The molecule has 1 saturated carbocycles. The number of hydrogen-bond acceptors (Lipinski definition) is 5. The lowest BCUT2D eigenvalue weighted by Gasteiger charge is -2.05. The van der Waals surface area contributed by atoms with Crippen LogP contribution in [-0.2, 0) is 0 Å². The minimum absolute atomic E-state index is 0.0331. The molecule has 3 N–H and O–H groups in total. The summed E-state index contributed by atoms with van der Waals surface area (Å²) in [6.45, 7) is 2.05. The van der Waals surface area contributed by atoms with Crippen molar-refractivity contribution < 1.29 is 9.72 Å². The van der Waals surface area contributed by atoms with Gasteiger partial charge in [0.05, 0.1) is 4.92 Å². The summed E-state index contributed by atoms with van der Waals surface area (Å²) in [5.74, 6) is 0.109. The van der Waals surface area contributed by atoms with Crippen molar-refractivity contribution in [3.05, 3.63) is 27.9 Å². The highest BCUT2D eigenvalue weighted by Gasteiger charge is 2.37. The van der Waals surface area contributed by atoms with E-state index in [-0.39, 0.29) is 23.1 Å². The molecule has 1 fully saturated rings. The summed E-state index contributed by atoms with van der Waals surface area (Å²) >= 11 is 0. The summed E-state index contributed by atoms with van der Waals surface area (Å²) in [4.78, 5) is 25.7. The minimum Gasteiger partial charge on any atom is -0.384 e. The van der Waals surface area contributed by atoms with E-state index in [1.165, 1.54) is 6.07 Å². The lowest BCUT2D eigenvalue weighted by atomic mass is 10.2. The summed E-state index contributed by atoms with van der Waals surface area (Å²) in [6.07, 6.45) is 2.93. The van der Waals surface area contributed by atoms with Crippen LogP contribution >= 0.6 is 0 Å². The van der Waals surface area contributed by atoms with Gasteiger partial charge in [0, 0.05) is 6.04 Å². The number of nitrogens with two attached hydrogens (primary N) is 1. The van der Waals surface area contributed by atoms with E-state index in [0.29, 0.717) is 5.92 Å². The molecule has 1 aromatic rings. The average Bonchev–Trinajstić information content (AvgIpc) is 3.06. The molecule has 7 nitrogen and oxygen atoms in total. The van der Waals surface area contributed by atoms with E-state index in [9.17, 15) is 14.9 Å². The fourth-order valence-electron chi connectivity index (χ4n) is 1.91. The Bertz CT molecular complexity index is 503. The topological polar surface area (TPSA) is 111 Å². The molecule has 1 aliphatic carbocycles. The van der Waals surface area contributed by atoms with Gasteiger partial charge in [0.2, 0.25) is 0 Å². The van der Waals surface area contributed by atoms with E-state index in [2.05, 4.69) is 10.3 Å². The van der Waals surface area contributed by atoms with Gasteiger partial charge in [0.25, 0.3) is 11.6 Å². The Balaban J connectivity index is 2.18. The van der Waals surface area contributed by atoms with Crippen LogP contribution in [0.1, 0.15) is 30.1 Å². The van der Waals surface area contributed by atoms with Crippen LogP contribution in [0.15, 0.2) is 12.3 Å². The van der Waals surface area contributed by atoms with Crippen LogP contribution in [-0.4, -0.2) is 21.9 Å². The second-order valence-electron chi connectivity index (χ2n) is 4.37. The number of nitrogen functional groups attached to an aromatic ring is 1. The van der Waals surface area contributed by atoms with Crippen LogP contribution in [0.3, 0.4) is 0 Å². The highest BCUT2D eigenvalue weighted by molar-refractivity contribution is 5.99. The SMILES string of the molecule is CCC1CC1NC(=O)c1cc(N)ncc1[N+](=O)[O-]. The first-order chi connectivity index (χ1) is 8.52. The lowest BCUT2D eigenvalue weighted by Crippen LogP contribution is -2.27. The highest BCUT2D eigenvalue weighted by atomic mass is 16.6. The third-order valence-electron chi connectivity index (χ3n) is 3.11. The molecule has 1 amide bonds. The van der Waals surface area contributed by atoms with Crippen LogP contribution < -0.4 is 11.1 Å². The molecule has 1 heterocycles. The van der Waals surface area contributed by atoms with Gasteiger partial charge in [-0.15, -0.1) is 0 Å². The Morgan fingerprint density at radius 2 is 2.44 bits per heavy atom. The van der Waals surface area contributed by atoms with Gasteiger partial charge in [-0.25, -0.2) is 4.98 Å². The van der Waals surface area contributed by atoms with Crippen molar-refractivity contribution in [2.75, 3.05) is 5.73 Å². The monoisotopic (exact) mass is 250 g/mol. The fourth-order valence-corrected chi connectivity index (χ4v) is 1.91.